The lowest BCUT2D eigenvalue weighted by atomic mass is 9.82. The second-order valence-corrected chi connectivity index (χ2v) is 3.57. The van der Waals surface area contributed by atoms with Crippen LogP contribution in [0.3, 0.4) is 0 Å². The van der Waals surface area contributed by atoms with Gasteiger partial charge >= 0.3 is 0 Å². The van der Waals surface area contributed by atoms with Crippen molar-refractivity contribution in [3.63, 3.8) is 0 Å². The van der Waals surface area contributed by atoms with Crippen LogP contribution in [-0.4, -0.2) is 17.2 Å². The summed E-state index contributed by atoms with van der Waals surface area (Å²) in [6, 6.07) is 5.59. The zero-order chi connectivity index (χ0) is 9.15. The van der Waals surface area contributed by atoms with Crippen molar-refractivity contribution >= 4 is 5.82 Å². The number of hydrogen-bond acceptors (Lipinski definition) is 2. The molecule has 1 aliphatic rings. The molecule has 1 aromatic heterocycles. The van der Waals surface area contributed by atoms with Crippen LogP contribution in [0.1, 0.15) is 19.3 Å². The molecular formula is C10H13FN2. The minimum atomic E-state index is -0.975. The molecule has 1 heterocycles. The lowest BCUT2D eigenvalue weighted by Crippen LogP contribution is -2.39. The second kappa shape index (κ2) is 3.32. The van der Waals surface area contributed by atoms with Crippen LogP contribution >= 0.6 is 0 Å². The first-order chi connectivity index (χ1) is 6.29. The van der Waals surface area contributed by atoms with Gasteiger partial charge < -0.3 is 5.32 Å². The van der Waals surface area contributed by atoms with Crippen LogP contribution in [0, 0.1) is 0 Å². The van der Waals surface area contributed by atoms with Crippen molar-refractivity contribution in [1.29, 1.82) is 0 Å². The third kappa shape index (κ3) is 1.97. The van der Waals surface area contributed by atoms with E-state index in [9.17, 15) is 4.39 Å². The number of aromatic nitrogens is 1. The summed E-state index contributed by atoms with van der Waals surface area (Å²) in [5, 5.41) is 3.00. The number of nitrogens with zero attached hydrogens (tertiary/aromatic N) is 1. The third-order valence-electron chi connectivity index (χ3n) is 2.50. The van der Waals surface area contributed by atoms with Gasteiger partial charge in [0, 0.05) is 6.20 Å². The number of halogens is 1. The van der Waals surface area contributed by atoms with Crippen molar-refractivity contribution in [1.82, 2.24) is 4.98 Å². The van der Waals surface area contributed by atoms with Gasteiger partial charge in [-0.05, 0) is 31.4 Å². The molecule has 0 saturated heterocycles. The summed E-state index contributed by atoms with van der Waals surface area (Å²) in [6.07, 6.45) is 4.09. The van der Waals surface area contributed by atoms with Crippen LogP contribution in [0.5, 0.6) is 0 Å². The minimum absolute atomic E-state index is 0.393. The number of hydrogen-bond donors (Lipinski definition) is 1. The third-order valence-corrected chi connectivity index (χ3v) is 2.50. The number of pyridine rings is 1. The Balaban J connectivity index is 1.86. The monoisotopic (exact) mass is 180 g/mol. The van der Waals surface area contributed by atoms with Gasteiger partial charge in [0.1, 0.15) is 11.5 Å². The van der Waals surface area contributed by atoms with Crippen LogP contribution in [0.4, 0.5) is 10.2 Å². The SMILES string of the molecule is FC1(CNc2ccccn2)CCC1. The van der Waals surface area contributed by atoms with Crippen LogP contribution in [0.2, 0.25) is 0 Å². The highest BCUT2D eigenvalue weighted by atomic mass is 19.1. The van der Waals surface area contributed by atoms with E-state index in [0.717, 1.165) is 12.2 Å². The molecule has 0 unspecified atom stereocenters. The highest BCUT2D eigenvalue weighted by Crippen LogP contribution is 2.35. The maximum Gasteiger partial charge on any atom is 0.128 e. The lowest BCUT2D eigenvalue weighted by molar-refractivity contribution is 0.0783. The summed E-state index contributed by atoms with van der Waals surface area (Å²) in [5.41, 5.74) is -0.975. The van der Waals surface area contributed by atoms with E-state index in [-0.39, 0.29) is 0 Å². The van der Waals surface area contributed by atoms with Crippen LogP contribution in [0.15, 0.2) is 24.4 Å². The number of rotatable bonds is 3. The van der Waals surface area contributed by atoms with Gasteiger partial charge in [0.2, 0.25) is 0 Å². The van der Waals surface area contributed by atoms with Gasteiger partial charge in [0.25, 0.3) is 0 Å². The van der Waals surface area contributed by atoms with E-state index in [1.807, 2.05) is 18.2 Å². The van der Waals surface area contributed by atoms with Crippen molar-refractivity contribution in [2.24, 2.45) is 0 Å². The van der Waals surface area contributed by atoms with E-state index in [1.54, 1.807) is 6.20 Å². The second-order valence-electron chi connectivity index (χ2n) is 3.57. The quantitative estimate of drug-likeness (QED) is 0.772. The predicted octanol–water partition coefficient (Wildman–Crippen LogP) is 2.39. The van der Waals surface area contributed by atoms with Gasteiger partial charge in [-0.25, -0.2) is 9.37 Å². The van der Waals surface area contributed by atoms with E-state index in [2.05, 4.69) is 10.3 Å². The normalized spacial score (nSPS) is 19.2. The first kappa shape index (κ1) is 8.48. The molecule has 2 nitrogen and oxygen atoms in total. The van der Waals surface area contributed by atoms with Gasteiger partial charge in [0.15, 0.2) is 0 Å². The van der Waals surface area contributed by atoms with Gasteiger partial charge in [0.05, 0.1) is 6.54 Å². The molecule has 1 saturated carbocycles. The molecule has 70 valence electrons. The molecule has 1 aromatic rings. The summed E-state index contributed by atoms with van der Waals surface area (Å²) in [6.45, 7) is 0.393. The van der Waals surface area contributed by atoms with Crippen LogP contribution in [0.25, 0.3) is 0 Å². The van der Waals surface area contributed by atoms with Gasteiger partial charge in [-0.2, -0.15) is 0 Å². The molecule has 1 aliphatic carbocycles. The summed E-state index contributed by atoms with van der Waals surface area (Å²) in [7, 11) is 0. The highest BCUT2D eigenvalue weighted by molar-refractivity contribution is 5.33. The highest BCUT2D eigenvalue weighted by Gasteiger charge is 2.36. The largest absolute Gasteiger partial charge is 0.367 e. The molecule has 0 aliphatic heterocycles. The molecule has 0 aromatic carbocycles. The van der Waals surface area contributed by atoms with E-state index < -0.39 is 5.67 Å². The first-order valence-electron chi connectivity index (χ1n) is 4.62. The Hall–Kier alpha value is -1.12. The Morgan fingerprint density at radius 2 is 2.31 bits per heavy atom. The Kier molecular flexibility index (Phi) is 2.17. The smallest absolute Gasteiger partial charge is 0.128 e. The molecule has 2 rings (SSSR count). The fourth-order valence-electron chi connectivity index (χ4n) is 1.45. The summed E-state index contributed by atoms with van der Waals surface area (Å²) in [5.74, 6) is 0.756. The predicted molar refractivity (Wildman–Crippen MR) is 50.4 cm³/mol. The van der Waals surface area contributed by atoms with E-state index in [1.165, 1.54) is 0 Å². The molecule has 3 heteroatoms. The molecule has 0 atom stereocenters. The summed E-state index contributed by atoms with van der Waals surface area (Å²) >= 11 is 0. The Labute approximate surface area is 77.2 Å². The standard InChI is InChI=1S/C10H13FN2/c11-10(5-3-6-10)8-13-9-4-1-2-7-12-9/h1-2,4,7H,3,5-6,8H2,(H,12,13). The van der Waals surface area contributed by atoms with Crippen molar-refractivity contribution in [2.75, 3.05) is 11.9 Å². The Morgan fingerprint density at radius 1 is 1.46 bits per heavy atom. The molecule has 1 N–H and O–H groups in total. The van der Waals surface area contributed by atoms with E-state index in [0.29, 0.717) is 19.4 Å². The number of anilines is 1. The fourth-order valence-corrected chi connectivity index (χ4v) is 1.45. The summed E-state index contributed by atoms with van der Waals surface area (Å²) in [4.78, 5) is 4.06. The van der Waals surface area contributed by atoms with Crippen LogP contribution < -0.4 is 5.32 Å². The first-order valence-corrected chi connectivity index (χ1v) is 4.62. The zero-order valence-electron chi connectivity index (χ0n) is 7.46. The van der Waals surface area contributed by atoms with Gasteiger partial charge in [-0.1, -0.05) is 6.07 Å². The molecular weight excluding hydrogens is 167 g/mol. The van der Waals surface area contributed by atoms with Gasteiger partial charge in [-0.3, -0.25) is 0 Å². The molecule has 0 amide bonds. The Morgan fingerprint density at radius 3 is 2.85 bits per heavy atom. The van der Waals surface area contributed by atoms with E-state index in [4.69, 9.17) is 0 Å². The topological polar surface area (TPSA) is 24.9 Å². The zero-order valence-corrected chi connectivity index (χ0v) is 7.46. The molecule has 13 heavy (non-hydrogen) atoms. The minimum Gasteiger partial charge on any atom is -0.367 e. The molecule has 0 spiro atoms. The fraction of sp³-hybridized carbons (Fsp3) is 0.500. The average Bonchev–Trinajstić information content (AvgIpc) is 2.13. The molecule has 0 radical (unpaired) electrons. The van der Waals surface area contributed by atoms with Crippen molar-refractivity contribution < 1.29 is 4.39 Å². The Bertz CT molecular complexity index is 270. The van der Waals surface area contributed by atoms with Gasteiger partial charge in [-0.15, -0.1) is 0 Å². The molecule has 0 bridgehead atoms. The van der Waals surface area contributed by atoms with Crippen molar-refractivity contribution in [2.45, 2.75) is 24.9 Å². The number of alkyl halides is 1. The van der Waals surface area contributed by atoms with Crippen molar-refractivity contribution in [3.8, 4) is 0 Å². The maximum absolute atomic E-state index is 13.5. The van der Waals surface area contributed by atoms with Crippen molar-refractivity contribution in [3.05, 3.63) is 24.4 Å². The van der Waals surface area contributed by atoms with Crippen LogP contribution in [-0.2, 0) is 0 Å². The summed E-state index contributed by atoms with van der Waals surface area (Å²) < 4.78 is 13.5. The average molecular weight is 180 g/mol. The lowest BCUT2D eigenvalue weighted by Gasteiger charge is -2.33. The molecule has 1 fully saturated rings. The van der Waals surface area contributed by atoms with E-state index >= 15 is 0 Å². The number of nitrogens with one attached hydrogen (secondary N) is 1. The maximum atomic E-state index is 13.5.